The van der Waals surface area contributed by atoms with Gasteiger partial charge in [-0.3, -0.25) is 14.4 Å². The molecule has 6 nitrogen and oxygen atoms in total. The summed E-state index contributed by atoms with van der Waals surface area (Å²) in [5.74, 6) is -0.801. The number of nitrogens with zero attached hydrogens (tertiary/aromatic N) is 1. The van der Waals surface area contributed by atoms with Crippen LogP contribution in [0.25, 0.3) is 0 Å². The third-order valence-electron chi connectivity index (χ3n) is 6.03. The van der Waals surface area contributed by atoms with E-state index in [4.69, 9.17) is 4.74 Å². The summed E-state index contributed by atoms with van der Waals surface area (Å²) in [6.07, 6.45) is 5.14. The van der Waals surface area contributed by atoms with E-state index in [0.717, 1.165) is 21.4 Å². The highest BCUT2D eigenvalue weighted by atomic mass is 79.9. The van der Waals surface area contributed by atoms with Crippen LogP contribution in [0.5, 0.6) is 5.75 Å². The Kier molecular flexibility index (Phi) is 6.14. The van der Waals surface area contributed by atoms with Crippen molar-refractivity contribution in [2.45, 2.75) is 44.4 Å². The van der Waals surface area contributed by atoms with Crippen LogP contribution in [0.3, 0.4) is 0 Å². The predicted octanol–water partition coefficient (Wildman–Crippen LogP) is 4.51. The number of aliphatic carboxylic acids is 1. The Balaban J connectivity index is 1.88. The summed E-state index contributed by atoms with van der Waals surface area (Å²) in [5.41, 5.74) is 3.51. The summed E-state index contributed by atoms with van der Waals surface area (Å²) in [6, 6.07) is 5.61. The second-order valence-electron chi connectivity index (χ2n) is 7.98. The topological polar surface area (TPSA) is 83.9 Å². The van der Waals surface area contributed by atoms with E-state index in [2.05, 4.69) is 22.5 Å². The average Bonchev–Trinajstić information content (AvgIpc) is 2.73. The molecule has 0 fully saturated rings. The van der Waals surface area contributed by atoms with Gasteiger partial charge in [0.2, 0.25) is 0 Å². The Morgan fingerprint density at radius 3 is 2.26 bits per heavy atom. The zero-order valence-corrected chi connectivity index (χ0v) is 18.7. The van der Waals surface area contributed by atoms with Crippen molar-refractivity contribution < 1.29 is 24.2 Å². The number of allylic oxidation sites excluding steroid dienone is 4. The Bertz CT molecular complexity index is 994. The fourth-order valence-corrected chi connectivity index (χ4v) is 5.35. The highest BCUT2D eigenvalue weighted by Gasteiger charge is 2.43. The van der Waals surface area contributed by atoms with E-state index in [1.54, 1.807) is 11.0 Å². The molecule has 4 rings (SSSR count). The fraction of sp³-hybridized carbons (Fsp3) is 0.375. The summed E-state index contributed by atoms with van der Waals surface area (Å²) in [4.78, 5) is 39.6. The molecular formula is C24H24BrNO5. The second-order valence-corrected chi connectivity index (χ2v) is 8.83. The van der Waals surface area contributed by atoms with Gasteiger partial charge in [0.1, 0.15) is 18.9 Å². The van der Waals surface area contributed by atoms with E-state index in [1.165, 1.54) is 0 Å². The molecule has 0 unspecified atom stereocenters. The van der Waals surface area contributed by atoms with Crippen LogP contribution in [0, 0.1) is 0 Å². The van der Waals surface area contributed by atoms with Crippen molar-refractivity contribution in [3.05, 3.63) is 63.4 Å². The zero-order chi connectivity index (χ0) is 22.1. The molecule has 2 aliphatic carbocycles. The maximum absolute atomic E-state index is 13.1. The van der Waals surface area contributed by atoms with E-state index in [0.29, 0.717) is 62.0 Å². The Morgan fingerprint density at radius 2 is 1.74 bits per heavy atom. The Morgan fingerprint density at radius 1 is 1.13 bits per heavy atom. The molecule has 0 saturated carbocycles. The van der Waals surface area contributed by atoms with Crippen LogP contribution >= 0.6 is 15.9 Å². The first-order chi connectivity index (χ1) is 14.9. The molecular weight excluding hydrogens is 462 g/mol. The molecule has 0 amide bonds. The molecule has 0 spiro atoms. The van der Waals surface area contributed by atoms with Crippen molar-refractivity contribution in [2.24, 2.45) is 0 Å². The first-order valence-corrected chi connectivity index (χ1v) is 11.3. The number of benzene rings is 1. The van der Waals surface area contributed by atoms with Crippen LogP contribution in [0.1, 0.15) is 50.0 Å². The van der Waals surface area contributed by atoms with Gasteiger partial charge in [-0.15, -0.1) is 0 Å². The van der Waals surface area contributed by atoms with Gasteiger partial charge in [-0.05, 0) is 59.3 Å². The van der Waals surface area contributed by atoms with Crippen molar-refractivity contribution in [1.29, 1.82) is 0 Å². The minimum atomic E-state index is -0.973. The first-order valence-electron chi connectivity index (χ1n) is 10.5. The van der Waals surface area contributed by atoms with Gasteiger partial charge < -0.3 is 14.7 Å². The molecule has 162 valence electrons. The molecule has 0 bridgehead atoms. The van der Waals surface area contributed by atoms with Crippen LogP contribution < -0.4 is 4.74 Å². The highest BCUT2D eigenvalue weighted by molar-refractivity contribution is 9.10. The highest BCUT2D eigenvalue weighted by Crippen LogP contribution is 2.49. The van der Waals surface area contributed by atoms with Gasteiger partial charge in [-0.2, -0.15) is 0 Å². The largest absolute Gasteiger partial charge is 0.488 e. The number of Topliss-reactive ketones (excluding diaryl/α,β-unsaturated/α-hetero) is 2. The summed E-state index contributed by atoms with van der Waals surface area (Å²) in [5, 5.41) is 9.51. The molecule has 1 aliphatic heterocycles. The summed E-state index contributed by atoms with van der Waals surface area (Å²) < 4.78 is 6.38. The molecule has 1 heterocycles. The smallest absolute Gasteiger partial charge is 0.323 e. The van der Waals surface area contributed by atoms with Crippen molar-refractivity contribution in [2.75, 3.05) is 13.2 Å². The fourth-order valence-electron chi connectivity index (χ4n) is 4.84. The van der Waals surface area contributed by atoms with Crippen LogP contribution in [-0.4, -0.2) is 40.7 Å². The molecule has 7 heteroatoms. The number of hydrogen-bond acceptors (Lipinski definition) is 5. The van der Waals surface area contributed by atoms with E-state index in [1.807, 2.05) is 18.2 Å². The molecule has 0 atom stereocenters. The van der Waals surface area contributed by atoms with Crippen molar-refractivity contribution >= 4 is 33.5 Å². The number of carboxylic acids is 1. The van der Waals surface area contributed by atoms with E-state index in [-0.39, 0.29) is 18.1 Å². The van der Waals surface area contributed by atoms with E-state index >= 15 is 0 Å². The first kappa shape index (κ1) is 21.6. The minimum absolute atomic E-state index is 0.00494. The lowest BCUT2D eigenvalue weighted by Crippen LogP contribution is -2.41. The Labute approximate surface area is 189 Å². The molecule has 0 radical (unpaired) electrons. The quantitative estimate of drug-likeness (QED) is 0.596. The van der Waals surface area contributed by atoms with Gasteiger partial charge in [0, 0.05) is 41.3 Å². The molecule has 1 aromatic carbocycles. The van der Waals surface area contributed by atoms with Crippen molar-refractivity contribution in [1.82, 2.24) is 4.90 Å². The summed E-state index contributed by atoms with van der Waals surface area (Å²) >= 11 is 3.55. The van der Waals surface area contributed by atoms with Crippen LogP contribution in [0.2, 0.25) is 0 Å². The lowest BCUT2D eigenvalue weighted by Gasteiger charge is -2.43. The number of hydrogen-bond donors (Lipinski definition) is 1. The number of ketones is 2. The van der Waals surface area contributed by atoms with Gasteiger partial charge in [0.05, 0.1) is 4.47 Å². The normalized spacial score (nSPS) is 19.3. The lowest BCUT2D eigenvalue weighted by molar-refractivity contribution is -0.138. The number of carbonyl (C=O) groups is 3. The monoisotopic (exact) mass is 485 g/mol. The Hall–Kier alpha value is -2.67. The predicted molar refractivity (Wildman–Crippen MR) is 119 cm³/mol. The SMILES string of the molecule is C=CCOc1ccc(C2C3=C(CCCC3=O)N(CC(=O)O)C3=C2C(=O)CCC3)cc1Br. The second kappa shape index (κ2) is 8.83. The van der Waals surface area contributed by atoms with Gasteiger partial charge >= 0.3 is 5.97 Å². The molecule has 0 saturated heterocycles. The zero-order valence-electron chi connectivity index (χ0n) is 17.2. The maximum atomic E-state index is 13.1. The molecule has 0 aromatic heterocycles. The number of carbonyl (C=O) groups excluding carboxylic acids is 2. The van der Waals surface area contributed by atoms with Crippen molar-refractivity contribution in [3.63, 3.8) is 0 Å². The number of carboxylic acid groups (broad SMARTS) is 1. The third kappa shape index (κ3) is 3.99. The van der Waals surface area contributed by atoms with Gasteiger partial charge in [-0.1, -0.05) is 18.7 Å². The third-order valence-corrected chi connectivity index (χ3v) is 6.65. The average molecular weight is 486 g/mol. The summed E-state index contributed by atoms with van der Waals surface area (Å²) in [7, 11) is 0. The molecule has 3 aliphatic rings. The standard InChI is InChI=1S/C24H24BrNO5/c1-2-11-31-20-10-9-14(12-15(20)25)22-23-16(5-3-7-18(23)27)26(13-21(29)30)17-6-4-8-19(28)24(17)22/h2,9-10,12,22H,1,3-8,11,13H2,(H,29,30). The maximum Gasteiger partial charge on any atom is 0.323 e. The minimum Gasteiger partial charge on any atom is -0.488 e. The number of ether oxygens (including phenoxy) is 1. The molecule has 31 heavy (non-hydrogen) atoms. The number of rotatable bonds is 6. The molecule has 1 N–H and O–H groups in total. The lowest BCUT2D eigenvalue weighted by atomic mass is 9.71. The van der Waals surface area contributed by atoms with E-state index in [9.17, 15) is 19.5 Å². The van der Waals surface area contributed by atoms with Gasteiger partial charge in [0.15, 0.2) is 11.6 Å². The van der Waals surface area contributed by atoms with Gasteiger partial charge in [0.25, 0.3) is 0 Å². The van der Waals surface area contributed by atoms with E-state index < -0.39 is 11.9 Å². The van der Waals surface area contributed by atoms with Crippen LogP contribution in [0.4, 0.5) is 0 Å². The molecule has 1 aromatic rings. The van der Waals surface area contributed by atoms with Crippen molar-refractivity contribution in [3.8, 4) is 5.75 Å². The van der Waals surface area contributed by atoms with Crippen LogP contribution in [0.15, 0.2) is 57.9 Å². The number of halogens is 1. The van der Waals surface area contributed by atoms with Crippen LogP contribution in [-0.2, 0) is 14.4 Å². The van der Waals surface area contributed by atoms with Gasteiger partial charge in [-0.25, -0.2) is 0 Å². The summed E-state index contributed by atoms with van der Waals surface area (Å²) in [6.45, 7) is 3.79.